The van der Waals surface area contributed by atoms with Crippen LogP contribution >= 0.6 is 11.6 Å². The van der Waals surface area contributed by atoms with E-state index >= 15 is 0 Å². The molecular weight excluding hydrogens is 288 g/mol. The lowest BCUT2D eigenvalue weighted by Gasteiger charge is -2.10. The largest absolute Gasteiger partial charge is 0.492 e. The first-order valence-corrected chi connectivity index (χ1v) is 8.04. The van der Waals surface area contributed by atoms with Gasteiger partial charge in [-0.2, -0.15) is 0 Å². The van der Waals surface area contributed by atoms with Gasteiger partial charge in [0.2, 0.25) is 5.91 Å². The molecule has 21 heavy (non-hydrogen) atoms. The Morgan fingerprint density at radius 1 is 1.24 bits per heavy atom. The van der Waals surface area contributed by atoms with E-state index in [-0.39, 0.29) is 5.91 Å². The van der Waals surface area contributed by atoms with Crippen molar-refractivity contribution in [2.45, 2.75) is 51.5 Å². The summed E-state index contributed by atoms with van der Waals surface area (Å²) in [7, 11) is 0. The summed E-state index contributed by atoms with van der Waals surface area (Å²) in [5.41, 5.74) is 7.21. The summed E-state index contributed by atoms with van der Waals surface area (Å²) in [5, 5.41) is 3.24. The number of nitrogens with one attached hydrogen (secondary N) is 1. The zero-order chi connectivity index (χ0) is 15.2. The second-order valence-corrected chi connectivity index (χ2v) is 5.86. The van der Waals surface area contributed by atoms with Crippen molar-refractivity contribution in [2.75, 3.05) is 11.9 Å². The molecular formula is C16H23ClN2O2. The van der Waals surface area contributed by atoms with Gasteiger partial charge >= 0.3 is 0 Å². The molecule has 0 aliphatic carbocycles. The molecule has 0 saturated carbocycles. The van der Waals surface area contributed by atoms with Crippen molar-refractivity contribution in [1.29, 1.82) is 0 Å². The maximum atomic E-state index is 11.5. The number of carbonyl (C=O) groups excluding carboxylic acids is 1. The van der Waals surface area contributed by atoms with E-state index in [0.717, 1.165) is 12.0 Å². The number of carbonyl (C=O) groups is 1. The lowest BCUT2D eigenvalue weighted by Crippen LogP contribution is -2.19. The Bertz CT molecular complexity index is 505. The van der Waals surface area contributed by atoms with Gasteiger partial charge in [0.15, 0.2) is 0 Å². The van der Waals surface area contributed by atoms with Crippen molar-refractivity contribution in [2.24, 2.45) is 5.73 Å². The Kier molecular flexibility index (Phi) is 5.88. The standard InChI is InChI=1S/C16H23ClN2O2/c1-2-3-4-5-6-7-8-21-14-10-13-11(9-12(14)17)15(18)16(20)19-13/h9-10,15H,2-8,18H2,1H3,(H,19,20). The Morgan fingerprint density at radius 2 is 1.95 bits per heavy atom. The molecule has 1 atom stereocenters. The predicted molar refractivity (Wildman–Crippen MR) is 85.9 cm³/mol. The molecule has 1 aromatic carbocycles. The molecule has 0 aromatic heterocycles. The first-order valence-electron chi connectivity index (χ1n) is 7.66. The number of rotatable bonds is 8. The van der Waals surface area contributed by atoms with Crippen LogP contribution in [0.25, 0.3) is 0 Å². The van der Waals surface area contributed by atoms with Crippen molar-refractivity contribution in [3.05, 3.63) is 22.7 Å². The molecule has 1 aliphatic heterocycles. The molecule has 1 amide bonds. The van der Waals surface area contributed by atoms with Crippen molar-refractivity contribution < 1.29 is 9.53 Å². The van der Waals surface area contributed by atoms with Crippen LogP contribution in [0.15, 0.2) is 12.1 Å². The van der Waals surface area contributed by atoms with E-state index in [1.165, 1.54) is 32.1 Å². The second kappa shape index (κ2) is 7.66. The summed E-state index contributed by atoms with van der Waals surface area (Å²) >= 11 is 6.18. The SMILES string of the molecule is CCCCCCCCOc1cc2c(cc1Cl)C(N)C(=O)N2. The third-order valence-electron chi connectivity index (χ3n) is 3.73. The van der Waals surface area contributed by atoms with E-state index < -0.39 is 6.04 Å². The molecule has 1 unspecified atom stereocenters. The van der Waals surface area contributed by atoms with Crippen LogP contribution in [0.5, 0.6) is 5.75 Å². The fraction of sp³-hybridized carbons (Fsp3) is 0.562. The van der Waals surface area contributed by atoms with Crippen molar-refractivity contribution >= 4 is 23.2 Å². The van der Waals surface area contributed by atoms with Gasteiger partial charge < -0.3 is 15.8 Å². The molecule has 0 bridgehead atoms. The average molecular weight is 311 g/mol. The Balaban J connectivity index is 1.82. The monoisotopic (exact) mass is 310 g/mol. The number of fused-ring (bicyclic) bond motifs is 1. The lowest BCUT2D eigenvalue weighted by atomic mass is 10.1. The number of benzene rings is 1. The van der Waals surface area contributed by atoms with Crippen LogP contribution in [0.4, 0.5) is 5.69 Å². The number of hydrogen-bond donors (Lipinski definition) is 2. The fourth-order valence-electron chi connectivity index (χ4n) is 2.46. The van der Waals surface area contributed by atoms with Crippen LogP contribution in [0.1, 0.15) is 57.1 Å². The molecule has 0 fully saturated rings. The molecule has 2 rings (SSSR count). The summed E-state index contributed by atoms with van der Waals surface area (Å²) in [5.74, 6) is 0.410. The number of amides is 1. The summed E-state index contributed by atoms with van der Waals surface area (Å²) < 4.78 is 5.72. The van der Waals surface area contributed by atoms with Crippen molar-refractivity contribution in [3.8, 4) is 5.75 Å². The molecule has 1 heterocycles. The number of unbranched alkanes of at least 4 members (excludes halogenated alkanes) is 5. The number of hydrogen-bond acceptors (Lipinski definition) is 3. The highest BCUT2D eigenvalue weighted by Crippen LogP contribution is 2.37. The quantitative estimate of drug-likeness (QED) is 0.712. The molecule has 0 saturated heterocycles. The highest BCUT2D eigenvalue weighted by Gasteiger charge is 2.28. The van der Waals surface area contributed by atoms with Gasteiger partial charge in [0.25, 0.3) is 0 Å². The third kappa shape index (κ3) is 4.11. The van der Waals surface area contributed by atoms with E-state index in [9.17, 15) is 4.79 Å². The molecule has 1 aromatic rings. The minimum atomic E-state index is -0.634. The highest BCUT2D eigenvalue weighted by atomic mass is 35.5. The molecule has 0 radical (unpaired) electrons. The fourth-order valence-corrected chi connectivity index (χ4v) is 2.69. The highest BCUT2D eigenvalue weighted by molar-refractivity contribution is 6.32. The molecule has 116 valence electrons. The lowest BCUT2D eigenvalue weighted by molar-refractivity contribution is -0.116. The maximum Gasteiger partial charge on any atom is 0.245 e. The van der Waals surface area contributed by atoms with Crippen LogP contribution in [-0.4, -0.2) is 12.5 Å². The average Bonchev–Trinajstić information content (AvgIpc) is 2.73. The summed E-state index contributed by atoms with van der Waals surface area (Å²) in [6.07, 6.45) is 7.29. The summed E-state index contributed by atoms with van der Waals surface area (Å²) in [4.78, 5) is 11.5. The van der Waals surface area contributed by atoms with Crippen molar-refractivity contribution in [3.63, 3.8) is 0 Å². The Morgan fingerprint density at radius 3 is 2.71 bits per heavy atom. The van der Waals surface area contributed by atoms with E-state index in [1.54, 1.807) is 12.1 Å². The number of nitrogens with two attached hydrogens (primary N) is 1. The van der Waals surface area contributed by atoms with Gasteiger partial charge in [0.05, 0.1) is 11.6 Å². The van der Waals surface area contributed by atoms with Crippen LogP contribution in [0.2, 0.25) is 5.02 Å². The van der Waals surface area contributed by atoms with E-state index in [1.807, 2.05) is 0 Å². The van der Waals surface area contributed by atoms with Crippen LogP contribution < -0.4 is 15.8 Å². The van der Waals surface area contributed by atoms with Crippen LogP contribution in [0.3, 0.4) is 0 Å². The molecule has 3 N–H and O–H groups in total. The van der Waals surface area contributed by atoms with Gasteiger partial charge in [-0.15, -0.1) is 0 Å². The third-order valence-corrected chi connectivity index (χ3v) is 4.03. The van der Waals surface area contributed by atoms with Crippen LogP contribution in [0, 0.1) is 0 Å². The predicted octanol–water partition coefficient (Wildman–Crippen LogP) is 4.03. The topological polar surface area (TPSA) is 64.3 Å². The van der Waals surface area contributed by atoms with E-state index in [0.29, 0.717) is 23.1 Å². The smallest absolute Gasteiger partial charge is 0.245 e. The summed E-state index contributed by atoms with van der Waals surface area (Å²) in [6, 6.07) is 2.85. The molecule has 0 spiro atoms. The van der Waals surface area contributed by atoms with Gasteiger partial charge in [-0.3, -0.25) is 4.79 Å². The number of ether oxygens (including phenoxy) is 1. The van der Waals surface area contributed by atoms with Gasteiger partial charge in [0.1, 0.15) is 11.8 Å². The van der Waals surface area contributed by atoms with E-state index in [4.69, 9.17) is 22.1 Å². The molecule has 5 heteroatoms. The summed E-state index contributed by atoms with van der Waals surface area (Å²) in [6.45, 7) is 2.86. The normalized spacial score (nSPS) is 16.7. The number of halogens is 1. The first-order chi connectivity index (χ1) is 10.1. The minimum absolute atomic E-state index is 0.200. The zero-order valence-electron chi connectivity index (χ0n) is 12.5. The van der Waals surface area contributed by atoms with Gasteiger partial charge in [-0.05, 0) is 12.5 Å². The zero-order valence-corrected chi connectivity index (χ0v) is 13.2. The van der Waals surface area contributed by atoms with Gasteiger partial charge in [-0.25, -0.2) is 0 Å². The molecule has 4 nitrogen and oxygen atoms in total. The van der Waals surface area contributed by atoms with Gasteiger partial charge in [0, 0.05) is 17.3 Å². The number of anilines is 1. The van der Waals surface area contributed by atoms with Crippen LogP contribution in [-0.2, 0) is 4.79 Å². The Labute approximate surface area is 131 Å². The van der Waals surface area contributed by atoms with E-state index in [2.05, 4.69) is 12.2 Å². The maximum absolute atomic E-state index is 11.5. The second-order valence-electron chi connectivity index (χ2n) is 5.45. The Hall–Kier alpha value is -1.26. The minimum Gasteiger partial charge on any atom is -0.492 e. The molecule has 1 aliphatic rings. The van der Waals surface area contributed by atoms with Crippen molar-refractivity contribution in [1.82, 2.24) is 0 Å². The van der Waals surface area contributed by atoms with Gasteiger partial charge in [-0.1, -0.05) is 50.6 Å². The first kappa shape index (κ1) is 16.1.